The lowest BCUT2D eigenvalue weighted by atomic mass is 10.2. The Balaban J connectivity index is 2.53. The summed E-state index contributed by atoms with van der Waals surface area (Å²) in [7, 11) is 1.51. The molecule has 6 heteroatoms. The van der Waals surface area contributed by atoms with Crippen molar-refractivity contribution in [3.05, 3.63) is 35.9 Å². The molecule has 6 nitrogen and oxygen atoms in total. The van der Waals surface area contributed by atoms with Crippen molar-refractivity contribution < 1.29 is 19.5 Å². The Bertz CT molecular complexity index is 487. The second kappa shape index (κ2) is 7.28. The average Bonchev–Trinajstić information content (AvgIpc) is 2.44. The van der Waals surface area contributed by atoms with Gasteiger partial charge < -0.3 is 15.3 Å². The molecule has 1 atom stereocenters. The van der Waals surface area contributed by atoms with Crippen LogP contribution in [0.25, 0.3) is 0 Å². The number of carbonyl (C=O) groups excluding carboxylic acids is 2. The number of hydrogen-bond donors (Lipinski definition) is 2. The summed E-state index contributed by atoms with van der Waals surface area (Å²) in [4.78, 5) is 35.6. The van der Waals surface area contributed by atoms with Gasteiger partial charge in [0, 0.05) is 19.2 Å². The van der Waals surface area contributed by atoms with Gasteiger partial charge in [0.05, 0.1) is 6.42 Å². The van der Waals surface area contributed by atoms with Crippen molar-refractivity contribution in [2.45, 2.75) is 19.4 Å². The fourth-order valence-corrected chi connectivity index (χ4v) is 1.64. The van der Waals surface area contributed by atoms with E-state index in [2.05, 4.69) is 5.32 Å². The number of nitrogens with one attached hydrogen (secondary N) is 1. The molecule has 0 bridgehead atoms. The van der Waals surface area contributed by atoms with Crippen LogP contribution in [0.15, 0.2) is 30.3 Å². The fraction of sp³-hybridized carbons (Fsp3) is 0.357. The van der Waals surface area contributed by atoms with Gasteiger partial charge in [-0.25, -0.2) is 0 Å². The van der Waals surface area contributed by atoms with Crippen LogP contribution in [0.5, 0.6) is 0 Å². The molecule has 0 radical (unpaired) electrons. The lowest BCUT2D eigenvalue weighted by Gasteiger charge is -2.21. The van der Waals surface area contributed by atoms with Gasteiger partial charge >= 0.3 is 5.97 Å². The molecule has 0 aliphatic heterocycles. The minimum atomic E-state index is -0.967. The van der Waals surface area contributed by atoms with Gasteiger partial charge in [0.1, 0.15) is 6.04 Å². The Hall–Kier alpha value is -2.37. The maximum Gasteiger partial charge on any atom is 0.305 e. The first-order valence-corrected chi connectivity index (χ1v) is 6.24. The Morgan fingerprint density at radius 2 is 1.85 bits per heavy atom. The highest BCUT2D eigenvalue weighted by molar-refractivity contribution is 5.97. The number of rotatable bonds is 6. The van der Waals surface area contributed by atoms with Crippen LogP contribution >= 0.6 is 0 Å². The summed E-state index contributed by atoms with van der Waals surface area (Å²) in [6.07, 6.45) is -0.123. The normalized spacial score (nSPS) is 11.5. The van der Waals surface area contributed by atoms with Crippen LogP contribution in [0.1, 0.15) is 23.7 Å². The molecule has 0 fully saturated rings. The number of carbonyl (C=O) groups is 3. The minimum Gasteiger partial charge on any atom is -0.481 e. The summed E-state index contributed by atoms with van der Waals surface area (Å²) < 4.78 is 0. The molecule has 1 rings (SSSR count). The lowest BCUT2D eigenvalue weighted by Crippen LogP contribution is -2.46. The average molecular weight is 278 g/mol. The molecule has 0 aromatic heterocycles. The van der Waals surface area contributed by atoms with Crippen molar-refractivity contribution in [3.8, 4) is 0 Å². The van der Waals surface area contributed by atoms with Gasteiger partial charge in [-0.3, -0.25) is 14.4 Å². The summed E-state index contributed by atoms with van der Waals surface area (Å²) in [5.74, 6) is -1.63. The zero-order valence-electron chi connectivity index (χ0n) is 11.5. The lowest BCUT2D eigenvalue weighted by molar-refractivity contribution is -0.138. The summed E-state index contributed by atoms with van der Waals surface area (Å²) in [5.41, 5.74) is 0.473. The Morgan fingerprint density at radius 3 is 2.40 bits per heavy atom. The van der Waals surface area contributed by atoms with Crippen LogP contribution in [0, 0.1) is 0 Å². The number of hydrogen-bond acceptors (Lipinski definition) is 3. The maximum absolute atomic E-state index is 11.9. The molecular weight excluding hydrogens is 260 g/mol. The minimum absolute atomic E-state index is 0.111. The third-order valence-corrected chi connectivity index (χ3v) is 2.79. The fourth-order valence-electron chi connectivity index (χ4n) is 1.64. The van der Waals surface area contributed by atoms with Gasteiger partial charge in [-0.1, -0.05) is 18.2 Å². The standard InChI is InChI=1S/C14H18N2O4/c1-10(14(20)16(2)9-8-12(17)18)15-13(19)11-6-4-3-5-7-11/h3-7,10H,8-9H2,1-2H3,(H,15,19)(H,17,18). The van der Waals surface area contributed by atoms with Crippen molar-refractivity contribution in [1.82, 2.24) is 10.2 Å². The second-order valence-corrected chi connectivity index (χ2v) is 4.46. The molecule has 2 N–H and O–H groups in total. The number of carboxylic acid groups (broad SMARTS) is 1. The van der Waals surface area contributed by atoms with Crippen LogP contribution in [0.3, 0.4) is 0 Å². The smallest absolute Gasteiger partial charge is 0.305 e. The van der Waals surface area contributed by atoms with E-state index in [1.807, 2.05) is 0 Å². The predicted molar refractivity (Wildman–Crippen MR) is 73.3 cm³/mol. The van der Waals surface area contributed by atoms with Gasteiger partial charge in [0.2, 0.25) is 5.91 Å². The van der Waals surface area contributed by atoms with E-state index in [1.54, 1.807) is 37.3 Å². The van der Waals surface area contributed by atoms with Crippen LogP contribution in [0.4, 0.5) is 0 Å². The first kappa shape index (κ1) is 15.7. The number of benzene rings is 1. The highest BCUT2D eigenvalue weighted by Gasteiger charge is 2.20. The molecule has 0 spiro atoms. The molecule has 0 saturated carbocycles. The van der Waals surface area contributed by atoms with Crippen LogP contribution in [-0.2, 0) is 9.59 Å². The van der Waals surface area contributed by atoms with Crippen molar-refractivity contribution >= 4 is 17.8 Å². The van der Waals surface area contributed by atoms with Gasteiger partial charge in [0.15, 0.2) is 0 Å². The molecule has 0 saturated heterocycles. The van der Waals surface area contributed by atoms with Crippen LogP contribution in [-0.4, -0.2) is 47.4 Å². The number of carboxylic acids is 1. The number of amides is 2. The van der Waals surface area contributed by atoms with E-state index < -0.39 is 12.0 Å². The van der Waals surface area contributed by atoms with Gasteiger partial charge in [0.25, 0.3) is 5.91 Å². The Kier molecular flexibility index (Phi) is 5.71. The van der Waals surface area contributed by atoms with E-state index in [4.69, 9.17) is 5.11 Å². The molecule has 1 unspecified atom stereocenters. The number of nitrogens with zero attached hydrogens (tertiary/aromatic N) is 1. The highest BCUT2D eigenvalue weighted by atomic mass is 16.4. The first-order chi connectivity index (χ1) is 9.41. The van der Waals surface area contributed by atoms with Crippen molar-refractivity contribution in [3.63, 3.8) is 0 Å². The largest absolute Gasteiger partial charge is 0.481 e. The predicted octanol–water partition coefficient (Wildman–Crippen LogP) is 0.738. The summed E-state index contributed by atoms with van der Waals surface area (Å²) >= 11 is 0. The first-order valence-electron chi connectivity index (χ1n) is 6.24. The van der Waals surface area contributed by atoms with E-state index in [9.17, 15) is 14.4 Å². The van der Waals surface area contributed by atoms with Gasteiger partial charge in [-0.2, -0.15) is 0 Å². The van der Waals surface area contributed by atoms with E-state index in [1.165, 1.54) is 11.9 Å². The monoisotopic (exact) mass is 278 g/mol. The van der Waals surface area contributed by atoms with E-state index in [-0.39, 0.29) is 24.8 Å². The van der Waals surface area contributed by atoms with Crippen LogP contribution in [0.2, 0.25) is 0 Å². The third kappa shape index (κ3) is 4.72. The van der Waals surface area contributed by atoms with E-state index in [0.717, 1.165) is 0 Å². The summed E-state index contributed by atoms with van der Waals surface area (Å²) in [6.45, 7) is 1.68. The summed E-state index contributed by atoms with van der Waals surface area (Å²) in [6, 6.07) is 7.87. The quantitative estimate of drug-likeness (QED) is 0.803. The zero-order valence-corrected chi connectivity index (χ0v) is 11.5. The topological polar surface area (TPSA) is 86.7 Å². The SMILES string of the molecule is CC(NC(=O)c1ccccc1)C(=O)N(C)CCC(=O)O. The third-order valence-electron chi connectivity index (χ3n) is 2.79. The van der Waals surface area contributed by atoms with Gasteiger partial charge in [-0.15, -0.1) is 0 Å². The highest BCUT2D eigenvalue weighted by Crippen LogP contribution is 2.00. The summed E-state index contributed by atoms with van der Waals surface area (Å²) in [5, 5.41) is 11.2. The van der Waals surface area contributed by atoms with E-state index in [0.29, 0.717) is 5.56 Å². The Labute approximate surface area is 117 Å². The molecule has 0 aliphatic rings. The maximum atomic E-state index is 11.9. The Morgan fingerprint density at radius 1 is 1.25 bits per heavy atom. The second-order valence-electron chi connectivity index (χ2n) is 4.46. The molecular formula is C14H18N2O4. The van der Waals surface area contributed by atoms with Crippen molar-refractivity contribution in [2.75, 3.05) is 13.6 Å². The molecule has 108 valence electrons. The van der Waals surface area contributed by atoms with Crippen LogP contribution < -0.4 is 5.32 Å². The molecule has 20 heavy (non-hydrogen) atoms. The zero-order chi connectivity index (χ0) is 15.1. The number of aliphatic carboxylic acids is 1. The molecule has 0 heterocycles. The van der Waals surface area contributed by atoms with Gasteiger partial charge in [-0.05, 0) is 19.1 Å². The van der Waals surface area contributed by atoms with Crippen molar-refractivity contribution in [2.24, 2.45) is 0 Å². The molecule has 0 aliphatic carbocycles. The molecule has 1 aromatic rings. The number of likely N-dealkylation sites (N-methyl/N-ethyl adjacent to an activating group) is 1. The molecule has 2 amide bonds. The van der Waals surface area contributed by atoms with Crippen molar-refractivity contribution in [1.29, 1.82) is 0 Å². The van der Waals surface area contributed by atoms with E-state index >= 15 is 0 Å². The molecule has 1 aromatic carbocycles.